The van der Waals surface area contributed by atoms with E-state index in [1.165, 1.54) is 25.7 Å². The van der Waals surface area contributed by atoms with E-state index >= 15 is 0 Å². The van der Waals surface area contributed by atoms with Crippen LogP contribution in [0, 0.1) is 24.7 Å². The summed E-state index contributed by atoms with van der Waals surface area (Å²) in [6, 6.07) is 2.09. The van der Waals surface area contributed by atoms with Gasteiger partial charge in [0.15, 0.2) is 0 Å². The van der Waals surface area contributed by atoms with Crippen LogP contribution in [0.25, 0.3) is 0 Å². The zero-order chi connectivity index (χ0) is 14.1. The van der Waals surface area contributed by atoms with Crippen molar-refractivity contribution in [2.24, 2.45) is 17.8 Å². The highest BCUT2D eigenvalue weighted by molar-refractivity contribution is 5.44. The first kappa shape index (κ1) is 13.7. The molecule has 20 heavy (non-hydrogen) atoms. The number of hydrogen-bond acceptors (Lipinski definition) is 4. The van der Waals surface area contributed by atoms with E-state index in [1.54, 1.807) is 0 Å². The fourth-order valence-corrected chi connectivity index (χ4v) is 4.03. The predicted molar refractivity (Wildman–Crippen MR) is 83.1 cm³/mol. The van der Waals surface area contributed by atoms with E-state index in [4.69, 9.17) is 0 Å². The molecule has 2 aliphatic rings. The predicted octanol–water partition coefficient (Wildman–Crippen LogP) is 3.09. The van der Waals surface area contributed by atoms with Gasteiger partial charge in [-0.15, -0.1) is 0 Å². The molecule has 2 bridgehead atoms. The zero-order valence-electron chi connectivity index (χ0n) is 12.9. The second kappa shape index (κ2) is 5.58. The summed E-state index contributed by atoms with van der Waals surface area (Å²) in [5.41, 5.74) is 1.03. The number of nitrogens with one attached hydrogen (secondary N) is 1. The first-order valence-corrected chi connectivity index (χ1v) is 7.96. The highest BCUT2D eigenvalue weighted by Crippen LogP contribution is 2.48. The number of nitrogens with zero attached hydrogens (tertiary/aromatic N) is 3. The lowest BCUT2D eigenvalue weighted by molar-refractivity contribution is 0.337. The Morgan fingerprint density at radius 2 is 2.15 bits per heavy atom. The molecule has 0 aliphatic heterocycles. The van der Waals surface area contributed by atoms with Gasteiger partial charge in [0.25, 0.3) is 0 Å². The van der Waals surface area contributed by atoms with E-state index in [2.05, 4.69) is 40.2 Å². The number of aryl methyl sites for hydroxylation is 1. The fraction of sp³-hybridized carbons (Fsp3) is 0.750. The summed E-state index contributed by atoms with van der Waals surface area (Å²) in [5, 5.41) is 3.22. The molecule has 0 aromatic carbocycles. The van der Waals surface area contributed by atoms with Gasteiger partial charge in [0.2, 0.25) is 5.95 Å². The number of hydrogen-bond donors (Lipinski definition) is 1. The maximum Gasteiger partial charge on any atom is 0.224 e. The van der Waals surface area contributed by atoms with Gasteiger partial charge in [0.1, 0.15) is 5.82 Å². The molecule has 0 saturated heterocycles. The minimum atomic E-state index is 0.752. The Morgan fingerprint density at radius 1 is 1.30 bits per heavy atom. The van der Waals surface area contributed by atoms with Crippen LogP contribution in [0.15, 0.2) is 6.07 Å². The Kier molecular flexibility index (Phi) is 3.81. The largest absolute Gasteiger partial charge is 0.359 e. The van der Waals surface area contributed by atoms with Gasteiger partial charge in [-0.1, -0.05) is 6.42 Å². The standard InChI is InChI=1S/C16H26N4/c1-4-17-16-18-11(2)7-15(19-16)20(3)10-14-9-12-5-6-13(14)8-12/h7,12-14H,4-6,8-10H2,1-3H3,(H,17,18,19). The van der Waals surface area contributed by atoms with E-state index in [0.29, 0.717) is 0 Å². The average molecular weight is 274 g/mol. The number of aromatic nitrogens is 2. The summed E-state index contributed by atoms with van der Waals surface area (Å²) in [7, 11) is 2.17. The summed E-state index contributed by atoms with van der Waals surface area (Å²) in [4.78, 5) is 11.4. The maximum atomic E-state index is 4.63. The molecule has 1 aromatic heterocycles. The highest BCUT2D eigenvalue weighted by atomic mass is 15.2. The van der Waals surface area contributed by atoms with Gasteiger partial charge in [0.05, 0.1) is 0 Å². The quantitative estimate of drug-likeness (QED) is 0.896. The molecular formula is C16H26N4. The second-order valence-corrected chi connectivity index (χ2v) is 6.54. The van der Waals surface area contributed by atoms with E-state index < -0.39 is 0 Å². The van der Waals surface area contributed by atoms with Crippen LogP contribution < -0.4 is 10.2 Å². The molecule has 110 valence electrons. The highest BCUT2D eigenvalue weighted by Gasteiger charge is 2.39. The molecule has 3 unspecified atom stereocenters. The number of rotatable bonds is 5. The molecule has 0 radical (unpaired) electrons. The van der Waals surface area contributed by atoms with Crippen molar-refractivity contribution < 1.29 is 0 Å². The summed E-state index contributed by atoms with van der Waals surface area (Å²) < 4.78 is 0. The van der Waals surface area contributed by atoms with Crippen molar-refractivity contribution in [3.8, 4) is 0 Å². The van der Waals surface area contributed by atoms with Crippen molar-refractivity contribution in [1.29, 1.82) is 0 Å². The third-order valence-corrected chi connectivity index (χ3v) is 4.96. The first-order chi connectivity index (χ1) is 9.65. The molecule has 1 N–H and O–H groups in total. The number of anilines is 2. The molecule has 4 heteroatoms. The van der Waals surface area contributed by atoms with Crippen molar-refractivity contribution in [2.75, 3.05) is 30.4 Å². The molecular weight excluding hydrogens is 248 g/mol. The van der Waals surface area contributed by atoms with Crippen LogP contribution in [0.5, 0.6) is 0 Å². The van der Waals surface area contributed by atoms with Gasteiger partial charge < -0.3 is 10.2 Å². The monoisotopic (exact) mass is 274 g/mol. The Hall–Kier alpha value is -1.32. The second-order valence-electron chi connectivity index (χ2n) is 6.54. The smallest absolute Gasteiger partial charge is 0.224 e. The van der Waals surface area contributed by atoms with E-state index in [-0.39, 0.29) is 0 Å². The molecule has 1 heterocycles. The normalized spacial score (nSPS) is 27.9. The van der Waals surface area contributed by atoms with E-state index in [0.717, 1.165) is 48.3 Å². The van der Waals surface area contributed by atoms with Crippen LogP contribution in [-0.4, -0.2) is 30.1 Å². The number of fused-ring (bicyclic) bond motifs is 2. The molecule has 4 nitrogen and oxygen atoms in total. The third-order valence-electron chi connectivity index (χ3n) is 4.96. The van der Waals surface area contributed by atoms with Gasteiger partial charge in [-0.25, -0.2) is 4.98 Å². The summed E-state index contributed by atoms with van der Waals surface area (Å²) in [5.74, 6) is 4.66. The van der Waals surface area contributed by atoms with Crippen molar-refractivity contribution >= 4 is 11.8 Å². The lowest BCUT2D eigenvalue weighted by Gasteiger charge is -2.28. The van der Waals surface area contributed by atoms with Crippen molar-refractivity contribution in [1.82, 2.24) is 9.97 Å². The van der Waals surface area contributed by atoms with Gasteiger partial charge in [-0.3, -0.25) is 0 Å². The topological polar surface area (TPSA) is 41.1 Å². The third kappa shape index (κ3) is 2.74. The summed E-state index contributed by atoms with van der Waals surface area (Å²) in [6.07, 6.45) is 5.83. The van der Waals surface area contributed by atoms with Crippen LogP contribution in [0.1, 0.15) is 38.3 Å². The van der Waals surface area contributed by atoms with Gasteiger partial charge in [-0.05, 0) is 50.9 Å². The molecule has 0 spiro atoms. The Bertz CT molecular complexity index is 474. The Morgan fingerprint density at radius 3 is 2.80 bits per heavy atom. The van der Waals surface area contributed by atoms with Crippen molar-refractivity contribution in [3.05, 3.63) is 11.8 Å². The SMILES string of the molecule is CCNc1nc(C)cc(N(C)CC2CC3CCC2C3)n1. The minimum Gasteiger partial charge on any atom is -0.359 e. The van der Waals surface area contributed by atoms with E-state index in [1.807, 2.05) is 6.92 Å². The zero-order valence-corrected chi connectivity index (χ0v) is 12.9. The molecule has 3 atom stereocenters. The van der Waals surface area contributed by atoms with Gasteiger partial charge >= 0.3 is 0 Å². The first-order valence-electron chi connectivity index (χ1n) is 7.96. The van der Waals surface area contributed by atoms with Crippen LogP contribution in [0.3, 0.4) is 0 Å². The molecule has 3 rings (SSSR count). The maximum absolute atomic E-state index is 4.63. The minimum absolute atomic E-state index is 0.752. The molecule has 2 fully saturated rings. The molecule has 2 aliphatic carbocycles. The average Bonchev–Trinajstić information content (AvgIpc) is 3.00. The van der Waals surface area contributed by atoms with Crippen molar-refractivity contribution in [2.45, 2.75) is 39.5 Å². The molecule has 0 amide bonds. The van der Waals surface area contributed by atoms with Crippen LogP contribution in [0.2, 0.25) is 0 Å². The van der Waals surface area contributed by atoms with Crippen LogP contribution in [0.4, 0.5) is 11.8 Å². The van der Waals surface area contributed by atoms with Crippen molar-refractivity contribution in [3.63, 3.8) is 0 Å². The molecule has 1 aromatic rings. The fourth-order valence-electron chi connectivity index (χ4n) is 4.03. The lowest BCUT2D eigenvalue weighted by atomic mass is 9.88. The lowest BCUT2D eigenvalue weighted by Crippen LogP contribution is -2.29. The van der Waals surface area contributed by atoms with Gasteiger partial charge in [0, 0.05) is 31.9 Å². The Labute approximate surface area is 122 Å². The molecule has 2 saturated carbocycles. The van der Waals surface area contributed by atoms with Gasteiger partial charge in [-0.2, -0.15) is 4.98 Å². The van der Waals surface area contributed by atoms with E-state index in [9.17, 15) is 0 Å². The van der Waals surface area contributed by atoms with Crippen LogP contribution in [-0.2, 0) is 0 Å². The van der Waals surface area contributed by atoms with Crippen LogP contribution >= 0.6 is 0 Å². The summed E-state index contributed by atoms with van der Waals surface area (Å²) in [6.45, 7) is 6.11. The Balaban J connectivity index is 1.68. The summed E-state index contributed by atoms with van der Waals surface area (Å²) >= 11 is 0.